The lowest BCUT2D eigenvalue weighted by atomic mass is 10.1. The van der Waals surface area contributed by atoms with Crippen molar-refractivity contribution in [1.29, 1.82) is 0 Å². The summed E-state index contributed by atoms with van der Waals surface area (Å²) in [5, 5.41) is 3.31. The average Bonchev–Trinajstić information content (AvgIpc) is 2.22. The van der Waals surface area contributed by atoms with Gasteiger partial charge in [-0.25, -0.2) is 0 Å². The smallest absolute Gasteiger partial charge is 0.0928 e. The fourth-order valence-electron chi connectivity index (χ4n) is 1.10. The Bertz CT molecular complexity index is 166. The van der Waals surface area contributed by atoms with Gasteiger partial charge in [0.2, 0.25) is 0 Å². The second-order valence-electron chi connectivity index (χ2n) is 3.98. The molecule has 0 saturated carbocycles. The number of hydrogen-bond acceptors (Lipinski definition) is 2. The molecule has 1 N–H and O–H groups in total. The van der Waals surface area contributed by atoms with E-state index in [1.165, 1.54) is 13.0 Å². The van der Waals surface area contributed by atoms with E-state index in [4.69, 9.17) is 0 Å². The molecule has 0 radical (unpaired) electrons. The Morgan fingerprint density at radius 2 is 2.14 bits per heavy atom. The van der Waals surface area contributed by atoms with Gasteiger partial charge in [-0.3, -0.25) is 4.99 Å². The monoisotopic (exact) mass is 199 g/mol. The number of rotatable bonds is 6. The lowest BCUT2D eigenvalue weighted by Gasteiger charge is -2.18. The summed E-state index contributed by atoms with van der Waals surface area (Å²) in [5.41, 5.74) is 0. The minimum absolute atomic E-state index is 0.709. The third kappa shape index (κ3) is 6.89. The van der Waals surface area contributed by atoms with Gasteiger partial charge in [-0.05, 0) is 39.4 Å². The molecule has 0 rings (SSSR count). The zero-order valence-electron chi connectivity index (χ0n) is 10.3. The van der Waals surface area contributed by atoms with Gasteiger partial charge in [-0.1, -0.05) is 13.8 Å². The molecule has 14 heavy (non-hydrogen) atoms. The molecule has 84 valence electrons. The van der Waals surface area contributed by atoms with Gasteiger partial charge in [0.1, 0.15) is 0 Å². The van der Waals surface area contributed by atoms with Crippen molar-refractivity contribution in [3.05, 3.63) is 0 Å². The highest BCUT2D eigenvalue weighted by atomic mass is 15.1. The van der Waals surface area contributed by atoms with Gasteiger partial charge >= 0.3 is 0 Å². The number of amidine groups is 1. The van der Waals surface area contributed by atoms with Gasteiger partial charge in [0.25, 0.3) is 0 Å². The van der Waals surface area contributed by atoms with E-state index in [2.05, 4.69) is 36.1 Å². The minimum atomic E-state index is 0.709. The maximum Gasteiger partial charge on any atom is 0.0928 e. The summed E-state index contributed by atoms with van der Waals surface area (Å²) in [7, 11) is 3.98. The third-order valence-electron chi connectivity index (χ3n) is 2.59. The summed E-state index contributed by atoms with van der Waals surface area (Å²) in [6, 6.07) is 0. The van der Waals surface area contributed by atoms with Gasteiger partial charge < -0.3 is 10.2 Å². The van der Waals surface area contributed by atoms with Crippen LogP contribution in [0.3, 0.4) is 0 Å². The third-order valence-corrected chi connectivity index (χ3v) is 2.59. The molecular formula is C11H25N3. The van der Waals surface area contributed by atoms with Crippen molar-refractivity contribution >= 4 is 5.84 Å². The van der Waals surface area contributed by atoms with Gasteiger partial charge in [0, 0.05) is 13.6 Å². The molecule has 0 aliphatic carbocycles. The highest BCUT2D eigenvalue weighted by molar-refractivity contribution is 5.79. The van der Waals surface area contributed by atoms with Crippen LogP contribution in [-0.2, 0) is 0 Å². The van der Waals surface area contributed by atoms with Crippen molar-refractivity contribution in [3.63, 3.8) is 0 Å². The number of aliphatic imine (C=N–C) groups is 1. The molecule has 0 aromatic carbocycles. The van der Waals surface area contributed by atoms with Gasteiger partial charge in [0.05, 0.1) is 5.84 Å². The summed E-state index contributed by atoms with van der Waals surface area (Å²) < 4.78 is 0. The molecule has 1 unspecified atom stereocenters. The highest BCUT2D eigenvalue weighted by Gasteiger charge is 2.03. The van der Waals surface area contributed by atoms with Crippen molar-refractivity contribution in [1.82, 2.24) is 10.2 Å². The summed E-state index contributed by atoms with van der Waals surface area (Å²) >= 11 is 0. The Kier molecular flexibility index (Phi) is 7.48. The van der Waals surface area contributed by atoms with Crippen LogP contribution >= 0.6 is 0 Å². The number of nitrogens with zero attached hydrogens (tertiary/aromatic N) is 2. The molecule has 0 saturated heterocycles. The number of hydrogen-bond donors (Lipinski definition) is 1. The van der Waals surface area contributed by atoms with Crippen molar-refractivity contribution in [3.8, 4) is 0 Å². The average molecular weight is 199 g/mol. The molecule has 0 amide bonds. The highest BCUT2D eigenvalue weighted by Crippen LogP contribution is 2.01. The van der Waals surface area contributed by atoms with Gasteiger partial charge in [-0.2, -0.15) is 0 Å². The van der Waals surface area contributed by atoms with Crippen molar-refractivity contribution in [2.24, 2.45) is 10.9 Å². The molecule has 3 nitrogen and oxygen atoms in total. The predicted octanol–water partition coefficient (Wildman–Crippen LogP) is 1.60. The van der Waals surface area contributed by atoms with E-state index >= 15 is 0 Å². The molecule has 0 aromatic rings. The lowest BCUT2D eigenvalue weighted by Crippen LogP contribution is -2.28. The van der Waals surface area contributed by atoms with Crippen LogP contribution in [0, 0.1) is 5.92 Å². The van der Waals surface area contributed by atoms with Gasteiger partial charge in [-0.15, -0.1) is 0 Å². The van der Waals surface area contributed by atoms with Gasteiger partial charge in [0.15, 0.2) is 0 Å². The first-order chi connectivity index (χ1) is 6.60. The summed E-state index contributed by atoms with van der Waals surface area (Å²) in [4.78, 5) is 6.41. The van der Waals surface area contributed by atoms with Crippen LogP contribution in [-0.4, -0.2) is 44.5 Å². The zero-order chi connectivity index (χ0) is 11.0. The second kappa shape index (κ2) is 7.80. The second-order valence-corrected chi connectivity index (χ2v) is 3.98. The summed E-state index contributed by atoms with van der Waals surface area (Å²) in [5.74, 6) is 1.74. The van der Waals surface area contributed by atoms with Crippen LogP contribution in [0.4, 0.5) is 0 Å². The Morgan fingerprint density at radius 1 is 1.50 bits per heavy atom. The Balaban J connectivity index is 3.50. The molecule has 0 aromatic heterocycles. The topological polar surface area (TPSA) is 27.6 Å². The largest absolute Gasteiger partial charge is 0.374 e. The summed E-state index contributed by atoms with van der Waals surface area (Å²) in [6.07, 6.45) is 1.24. The normalized spacial score (nSPS) is 14.6. The fourth-order valence-corrected chi connectivity index (χ4v) is 1.10. The zero-order valence-corrected chi connectivity index (χ0v) is 10.3. The van der Waals surface area contributed by atoms with E-state index in [-0.39, 0.29) is 0 Å². The standard InChI is InChI=1S/C11H25N3/c1-6-14(5)8-7-10(2)9-13-11(3)12-4/h10H,6-9H2,1-5H3,(H,12,13). The molecule has 3 heteroatoms. The van der Waals surface area contributed by atoms with Crippen LogP contribution in [0.5, 0.6) is 0 Å². The first kappa shape index (κ1) is 13.4. The van der Waals surface area contributed by atoms with E-state index < -0.39 is 0 Å². The first-order valence-corrected chi connectivity index (χ1v) is 5.45. The maximum atomic E-state index is 4.07. The van der Waals surface area contributed by atoms with E-state index in [1.807, 2.05) is 14.0 Å². The SMILES string of the molecule is CCN(C)CCC(C)CNC(C)=NC. The van der Waals surface area contributed by atoms with E-state index in [0.29, 0.717) is 5.92 Å². The van der Waals surface area contributed by atoms with Crippen molar-refractivity contribution < 1.29 is 0 Å². The van der Waals surface area contributed by atoms with E-state index in [1.54, 1.807) is 0 Å². The minimum Gasteiger partial charge on any atom is -0.374 e. The molecule has 0 aliphatic heterocycles. The molecule has 0 aliphatic rings. The Morgan fingerprint density at radius 3 is 2.64 bits per heavy atom. The van der Waals surface area contributed by atoms with Crippen molar-refractivity contribution in [2.75, 3.05) is 33.7 Å². The molecule has 0 fully saturated rings. The molecule has 1 atom stereocenters. The van der Waals surface area contributed by atoms with Crippen LogP contribution in [0.25, 0.3) is 0 Å². The quantitative estimate of drug-likeness (QED) is 0.520. The van der Waals surface area contributed by atoms with Crippen LogP contribution < -0.4 is 5.32 Å². The van der Waals surface area contributed by atoms with Crippen LogP contribution in [0.15, 0.2) is 4.99 Å². The Labute approximate surface area is 88.6 Å². The van der Waals surface area contributed by atoms with Crippen LogP contribution in [0.2, 0.25) is 0 Å². The van der Waals surface area contributed by atoms with E-state index in [9.17, 15) is 0 Å². The first-order valence-electron chi connectivity index (χ1n) is 5.45. The molecular weight excluding hydrogens is 174 g/mol. The van der Waals surface area contributed by atoms with Crippen molar-refractivity contribution in [2.45, 2.75) is 27.2 Å². The maximum absolute atomic E-state index is 4.07. The number of nitrogens with one attached hydrogen (secondary N) is 1. The predicted molar refractivity (Wildman–Crippen MR) is 64.0 cm³/mol. The molecule has 0 heterocycles. The summed E-state index contributed by atoms with van der Waals surface area (Å²) in [6.45, 7) is 9.82. The fraction of sp³-hybridized carbons (Fsp3) is 0.909. The Hall–Kier alpha value is -0.570. The molecule has 0 spiro atoms. The van der Waals surface area contributed by atoms with E-state index in [0.717, 1.165) is 18.9 Å². The lowest BCUT2D eigenvalue weighted by molar-refractivity contribution is 0.319. The molecule has 0 bridgehead atoms. The van der Waals surface area contributed by atoms with Crippen LogP contribution in [0.1, 0.15) is 27.2 Å².